The van der Waals surface area contributed by atoms with E-state index in [1.54, 1.807) is 24.7 Å². The Labute approximate surface area is 234 Å². The monoisotopic (exact) mass is 578 g/mol. The molecular formula is C27H32Cl2N4O4S. The number of anilines is 1. The largest absolute Gasteiger partial charge is 0.491 e. The molecule has 2 aliphatic rings. The van der Waals surface area contributed by atoms with Crippen LogP contribution in [0, 0.1) is 0 Å². The SMILES string of the molecule is C=S(=O)(CC)N1CCN(c2ccc(OC[C@H]3CO[C@](Cn4ccnc4)(c4ccc(Cl)cc4Cl)O3)cc2)CC1. The molecule has 1 unspecified atom stereocenters. The van der Waals surface area contributed by atoms with E-state index in [4.69, 9.17) is 37.4 Å². The fourth-order valence-electron chi connectivity index (χ4n) is 4.78. The van der Waals surface area contributed by atoms with E-state index >= 15 is 0 Å². The van der Waals surface area contributed by atoms with Gasteiger partial charge in [-0.3, -0.25) is 4.21 Å². The van der Waals surface area contributed by atoms with Crippen LogP contribution >= 0.6 is 23.2 Å². The summed E-state index contributed by atoms with van der Waals surface area (Å²) in [5.41, 5.74) is 1.82. The van der Waals surface area contributed by atoms with Crippen molar-refractivity contribution in [3.8, 4) is 5.75 Å². The molecule has 38 heavy (non-hydrogen) atoms. The molecule has 2 aromatic carbocycles. The van der Waals surface area contributed by atoms with Crippen molar-refractivity contribution < 1.29 is 18.4 Å². The van der Waals surface area contributed by atoms with E-state index in [1.165, 1.54) is 0 Å². The van der Waals surface area contributed by atoms with Gasteiger partial charge in [-0.25, -0.2) is 9.29 Å². The van der Waals surface area contributed by atoms with Gasteiger partial charge in [0.2, 0.25) is 5.79 Å². The third-order valence-electron chi connectivity index (χ3n) is 6.95. The van der Waals surface area contributed by atoms with Crippen molar-refractivity contribution in [3.05, 3.63) is 76.8 Å². The molecular weight excluding hydrogens is 547 g/mol. The van der Waals surface area contributed by atoms with Crippen molar-refractivity contribution in [2.45, 2.75) is 25.4 Å². The van der Waals surface area contributed by atoms with Gasteiger partial charge < -0.3 is 23.7 Å². The second-order valence-corrected chi connectivity index (χ2v) is 12.9. The van der Waals surface area contributed by atoms with Crippen LogP contribution in [0.2, 0.25) is 10.0 Å². The van der Waals surface area contributed by atoms with E-state index in [0.717, 1.165) is 37.6 Å². The number of hydrogen-bond donors (Lipinski definition) is 0. The first-order valence-corrected chi connectivity index (χ1v) is 15.2. The Bertz CT molecular complexity index is 1330. The molecule has 204 valence electrons. The highest BCUT2D eigenvalue weighted by Gasteiger charge is 2.45. The molecule has 3 aromatic rings. The Morgan fingerprint density at radius 3 is 2.58 bits per heavy atom. The molecule has 0 aliphatic carbocycles. The van der Waals surface area contributed by atoms with Gasteiger partial charge in [-0.15, -0.1) is 0 Å². The molecule has 5 rings (SSSR count). The zero-order valence-electron chi connectivity index (χ0n) is 21.3. The van der Waals surface area contributed by atoms with E-state index < -0.39 is 15.5 Å². The van der Waals surface area contributed by atoms with Gasteiger partial charge in [0.1, 0.15) is 18.5 Å². The minimum Gasteiger partial charge on any atom is -0.491 e. The average Bonchev–Trinajstić information content (AvgIpc) is 3.58. The van der Waals surface area contributed by atoms with E-state index in [2.05, 4.69) is 27.9 Å². The minimum atomic E-state index is -2.15. The number of halogens is 2. The molecule has 3 heterocycles. The molecule has 2 aliphatic heterocycles. The maximum absolute atomic E-state index is 12.6. The number of hydrogen-bond acceptors (Lipinski definition) is 6. The van der Waals surface area contributed by atoms with Gasteiger partial charge in [-0.1, -0.05) is 36.2 Å². The van der Waals surface area contributed by atoms with Gasteiger partial charge in [0.05, 0.1) is 24.5 Å². The smallest absolute Gasteiger partial charge is 0.215 e. The van der Waals surface area contributed by atoms with Gasteiger partial charge in [0.15, 0.2) is 0 Å². The Balaban J connectivity index is 1.20. The first-order valence-electron chi connectivity index (χ1n) is 12.6. The lowest BCUT2D eigenvalue weighted by Crippen LogP contribution is -2.49. The summed E-state index contributed by atoms with van der Waals surface area (Å²) in [5, 5.41) is 1.02. The molecule has 0 saturated carbocycles. The number of imidazole rings is 1. The van der Waals surface area contributed by atoms with Crippen molar-refractivity contribution in [1.29, 1.82) is 0 Å². The summed E-state index contributed by atoms with van der Waals surface area (Å²) in [4.78, 5) is 6.42. The summed E-state index contributed by atoms with van der Waals surface area (Å²) in [6.07, 6.45) is 4.98. The number of ether oxygens (including phenoxy) is 3. The highest BCUT2D eigenvalue weighted by Crippen LogP contribution is 2.40. The number of piperazine rings is 1. The quantitative estimate of drug-likeness (QED) is 0.352. The predicted octanol–water partition coefficient (Wildman–Crippen LogP) is 4.31. The van der Waals surface area contributed by atoms with Crippen LogP contribution in [0.3, 0.4) is 0 Å². The van der Waals surface area contributed by atoms with Crippen molar-refractivity contribution in [2.24, 2.45) is 0 Å². The Kier molecular flexibility index (Phi) is 8.23. The second-order valence-electron chi connectivity index (χ2n) is 9.45. The summed E-state index contributed by atoms with van der Waals surface area (Å²) in [6.45, 7) is 6.09. The van der Waals surface area contributed by atoms with Crippen molar-refractivity contribution in [2.75, 3.05) is 50.0 Å². The van der Waals surface area contributed by atoms with Gasteiger partial charge in [0.25, 0.3) is 0 Å². The molecule has 3 atom stereocenters. The van der Waals surface area contributed by atoms with Crippen LogP contribution < -0.4 is 9.64 Å². The first-order chi connectivity index (χ1) is 18.3. The molecule has 0 spiro atoms. The Hall–Kier alpha value is -2.27. The van der Waals surface area contributed by atoms with Crippen LogP contribution in [0.25, 0.3) is 0 Å². The average molecular weight is 580 g/mol. The lowest BCUT2D eigenvalue weighted by atomic mass is 10.1. The predicted molar refractivity (Wildman–Crippen MR) is 153 cm³/mol. The summed E-state index contributed by atoms with van der Waals surface area (Å²) in [6, 6.07) is 13.3. The summed E-state index contributed by atoms with van der Waals surface area (Å²) >= 11 is 12.7. The van der Waals surface area contributed by atoms with E-state index in [-0.39, 0.29) is 6.10 Å². The van der Waals surface area contributed by atoms with Gasteiger partial charge >= 0.3 is 0 Å². The molecule has 0 amide bonds. The molecule has 0 bridgehead atoms. The molecule has 1 aromatic heterocycles. The maximum Gasteiger partial charge on any atom is 0.215 e. The van der Waals surface area contributed by atoms with Crippen LogP contribution in [0.5, 0.6) is 5.75 Å². The van der Waals surface area contributed by atoms with Gasteiger partial charge in [0, 0.05) is 70.3 Å². The first kappa shape index (κ1) is 27.3. The summed E-state index contributed by atoms with van der Waals surface area (Å²) in [7, 11) is -2.15. The maximum atomic E-state index is 12.6. The van der Waals surface area contributed by atoms with Crippen LogP contribution in [-0.2, 0) is 31.5 Å². The van der Waals surface area contributed by atoms with Gasteiger partial charge in [-0.05, 0) is 42.3 Å². The Morgan fingerprint density at radius 2 is 1.92 bits per heavy atom. The molecule has 2 fully saturated rings. The fourth-order valence-corrected chi connectivity index (χ4v) is 6.53. The minimum absolute atomic E-state index is 0.297. The summed E-state index contributed by atoms with van der Waals surface area (Å²) < 4.78 is 35.2. The second kappa shape index (κ2) is 11.5. The molecule has 0 N–H and O–H groups in total. The van der Waals surface area contributed by atoms with E-state index in [0.29, 0.717) is 41.1 Å². The van der Waals surface area contributed by atoms with E-state index in [9.17, 15) is 4.21 Å². The normalized spacial score (nSPS) is 23.9. The zero-order valence-corrected chi connectivity index (χ0v) is 23.6. The third kappa shape index (κ3) is 5.98. The number of nitrogens with zero attached hydrogens (tertiary/aromatic N) is 4. The fraction of sp³-hybridized carbons (Fsp3) is 0.407. The topological polar surface area (TPSA) is 69.1 Å². The van der Waals surface area contributed by atoms with Crippen molar-refractivity contribution in [3.63, 3.8) is 0 Å². The number of rotatable bonds is 9. The lowest BCUT2D eigenvalue weighted by Gasteiger charge is -2.37. The molecule has 0 radical (unpaired) electrons. The Morgan fingerprint density at radius 1 is 1.16 bits per heavy atom. The van der Waals surface area contributed by atoms with Gasteiger partial charge in [-0.2, -0.15) is 0 Å². The molecule has 2 saturated heterocycles. The highest BCUT2D eigenvalue weighted by atomic mass is 35.5. The molecule has 8 nitrogen and oxygen atoms in total. The van der Waals surface area contributed by atoms with Crippen LogP contribution in [-0.4, -0.2) is 75.2 Å². The van der Waals surface area contributed by atoms with Crippen molar-refractivity contribution >= 4 is 44.5 Å². The summed E-state index contributed by atoms with van der Waals surface area (Å²) in [5.74, 6) is 4.15. The lowest BCUT2D eigenvalue weighted by molar-refractivity contribution is -0.189. The van der Waals surface area contributed by atoms with E-state index in [1.807, 2.05) is 40.2 Å². The molecule has 11 heteroatoms. The third-order valence-corrected chi connectivity index (χ3v) is 9.71. The number of aromatic nitrogens is 2. The van der Waals surface area contributed by atoms with Crippen LogP contribution in [0.4, 0.5) is 5.69 Å². The van der Waals surface area contributed by atoms with Crippen LogP contribution in [0.15, 0.2) is 61.2 Å². The zero-order chi connectivity index (χ0) is 26.8. The van der Waals surface area contributed by atoms with Crippen molar-refractivity contribution in [1.82, 2.24) is 13.9 Å². The van der Waals surface area contributed by atoms with Crippen LogP contribution in [0.1, 0.15) is 12.5 Å². The number of benzene rings is 2. The standard InChI is InChI=1S/C27H32Cl2N4O4S/c1-3-38(2,34)33-14-12-32(13-15-33)22-5-7-23(8-6-22)35-17-24-18-36-27(37-24,19-31-11-10-30-20-31)25-9-4-21(28)16-26(25)29/h4-11,16,20,24H,2-3,12-15,17-19H2,1H3/t24-,27-,38?/m0/s1. The highest BCUT2D eigenvalue weighted by molar-refractivity contribution is 7.98.